The van der Waals surface area contributed by atoms with Gasteiger partial charge in [0.2, 0.25) is 5.91 Å². The molecule has 0 aliphatic heterocycles. The minimum Gasteiger partial charge on any atom is -0.394 e. The third-order valence-corrected chi connectivity index (χ3v) is 4.35. The van der Waals surface area contributed by atoms with Crippen LogP contribution in [0.1, 0.15) is 32.4 Å². The summed E-state index contributed by atoms with van der Waals surface area (Å²) in [6, 6.07) is 9.08. The number of amides is 1. The predicted molar refractivity (Wildman–Crippen MR) is 92.4 cm³/mol. The van der Waals surface area contributed by atoms with Gasteiger partial charge in [0.15, 0.2) is 5.16 Å². The van der Waals surface area contributed by atoms with Crippen LogP contribution >= 0.6 is 11.8 Å². The van der Waals surface area contributed by atoms with E-state index >= 15 is 0 Å². The summed E-state index contributed by atoms with van der Waals surface area (Å²) in [5.74, 6) is 0.137. The lowest BCUT2D eigenvalue weighted by molar-refractivity contribution is -0.119. The molecule has 23 heavy (non-hydrogen) atoms. The van der Waals surface area contributed by atoms with E-state index in [0.29, 0.717) is 0 Å². The maximum atomic E-state index is 12.2. The second kappa shape index (κ2) is 7.66. The van der Waals surface area contributed by atoms with Crippen molar-refractivity contribution in [2.45, 2.75) is 37.5 Å². The molecule has 0 spiro atoms. The van der Waals surface area contributed by atoms with Crippen molar-refractivity contribution in [1.82, 2.24) is 14.9 Å². The number of carbonyl (C=O) groups is 1. The molecule has 0 unspecified atom stereocenters. The first kappa shape index (κ1) is 17.6. The Balaban J connectivity index is 1.94. The number of nitrogens with zero attached hydrogens (tertiary/aromatic N) is 2. The Labute approximate surface area is 141 Å². The zero-order valence-corrected chi connectivity index (χ0v) is 14.5. The topological polar surface area (TPSA) is 67.2 Å². The summed E-state index contributed by atoms with van der Waals surface area (Å²) in [4.78, 5) is 16.5. The van der Waals surface area contributed by atoms with Gasteiger partial charge in [0, 0.05) is 17.9 Å². The van der Waals surface area contributed by atoms with Gasteiger partial charge in [-0.05, 0) is 26.3 Å². The first-order chi connectivity index (χ1) is 10.9. The van der Waals surface area contributed by atoms with E-state index in [-0.39, 0.29) is 29.8 Å². The van der Waals surface area contributed by atoms with E-state index in [9.17, 15) is 9.90 Å². The molecule has 1 heterocycles. The molecule has 2 N–H and O–H groups in total. The highest BCUT2D eigenvalue weighted by Crippen LogP contribution is 2.23. The van der Waals surface area contributed by atoms with E-state index in [1.54, 1.807) is 6.20 Å². The average Bonchev–Trinajstić information content (AvgIpc) is 3.00. The van der Waals surface area contributed by atoms with Crippen LogP contribution in [0.5, 0.6) is 0 Å². The Kier molecular flexibility index (Phi) is 5.85. The van der Waals surface area contributed by atoms with Crippen LogP contribution in [0.2, 0.25) is 0 Å². The number of hydrogen-bond acceptors (Lipinski definition) is 4. The minimum atomic E-state index is -0.383. The van der Waals surface area contributed by atoms with Crippen LogP contribution in [-0.4, -0.2) is 32.9 Å². The first-order valence-electron chi connectivity index (χ1n) is 7.53. The molecule has 1 atom stereocenters. The number of nitrogens with one attached hydrogen (secondary N) is 1. The normalized spacial score (nSPS) is 12.9. The second-order valence-corrected chi connectivity index (χ2v) is 7.20. The lowest BCUT2D eigenvalue weighted by atomic mass is 10.1. The molecule has 1 amide bonds. The number of aliphatic hydroxyl groups is 1. The van der Waals surface area contributed by atoms with Crippen molar-refractivity contribution in [1.29, 1.82) is 0 Å². The fraction of sp³-hybridized carbons (Fsp3) is 0.412. The zero-order chi connectivity index (χ0) is 16.9. The monoisotopic (exact) mass is 333 g/mol. The van der Waals surface area contributed by atoms with Gasteiger partial charge in [-0.15, -0.1) is 0 Å². The molecule has 0 saturated carbocycles. The summed E-state index contributed by atoms with van der Waals surface area (Å²) in [5.41, 5.74) is 0.817. The maximum absolute atomic E-state index is 12.2. The Bertz CT molecular complexity index is 635. The molecule has 0 aliphatic rings. The molecule has 5 nitrogen and oxygen atoms in total. The van der Waals surface area contributed by atoms with E-state index in [0.717, 1.165) is 10.7 Å². The van der Waals surface area contributed by atoms with Crippen molar-refractivity contribution >= 4 is 17.7 Å². The van der Waals surface area contributed by atoms with E-state index in [1.807, 2.05) is 41.1 Å². The van der Waals surface area contributed by atoms with Crippen LogP contribution in [0.25, 0.3) is 0 Å². The van der Waals surface area contributed by atoms with Crippen LogP contribution in [0, 0.1) is 0 Å². The maximum Gasteiger partial charge on any atom is 0.231 e. The summed E-state index contributed by atoms with van der Waals surface area (Å²) >= 11 is 1.39. The van der Waals surface area contributed by atoms with Gasteiger partial charge in [0.05, 0.1) is 18.4 Å². The highest BCUT2D eigenvalue weighted by atomic mass is 32.2. The number of rotatable bonds is 6. The molecule has 2 aromatic rings. The third-order valence-electron chi connectivity index (χ3n) is 3.38. The molecule has 1 aromatic heterocycles. The van der Waals surface area contributed by atoms with Crippen molar-refractivity contribution in [3.05, 3.63) is 48.3 Å². The third kappa shape index (κ3) is 4.84. The number of benzene rings is 1. The van der Waals surface area contributed by atoms with Gasteiger partial charge in [0.1, 0.15) is 0 Å². The van der Waals surface area contributed by atoms with Crippen molar-refractivity contribution < 1.29 is 9.90 Å². The highest BCUT2D eigenvalue weighted by Gasteiger charge is 2.19. The summed E-state index contributed by atoms with van der Waals surface area (Å²) in [7, 11) is 0. The van der Waals surface area contributed by atoms with E-state index in [4.69, 9.17) is 0 Å². The van der Waals surface area contributed by atoms with E-state index in [2.05, 4.69) is 31.1 Å². The summed E-state index contributed by atoms with van der Waals surface area (Å²) in [6.07, 6.45) is 3.66. The van der Waals surface area contributed by atoms with Gasteiger partial charge in [-0.1, -0.05) is 42.1 Å². The van der Waals surface area contributed by atoms with Gasteiger partial charge in [0.25, 0.3) is 0 Å². The number of carbonyl (C=O) groups excluding carboxylic acids is 1. The number of thioether (sulfide) groups is 1. The van der Waals surface area contributed by atoms with Gasteiger partial charge in [-0.2, -0.15) is 0 Å². The van der Waals surface area contributed by atoms with Crippen molar-refractivity contribution in [3.8, 4) is 0 Å². The zero-order valence-electron chi connectivity index (χ0n) is 13.7. The fourth-order valence-corrected chi connectivity index (χ4v) is 3.15. The summed E-state index contributed by atoms with van der Waals surface area (Å²) < 4.78 is 2.05. The van der Waals surface area contributed by atoms with Crippen LogP contribution in [0.3, 0.4) is 0 Å². The van der Waals surface area contributed by atoms with Crippen molar-refractivity contribution in [2.75, 3.05) is 12.4 Å². The molecule has 2 rings (SSSR count). The lowest BCUT2D eigenvalue weighted by Gasteiger charge is -2.23. The molecule has 0 fully saturated rings. The molecular formula is C17H23N3O2S. The average molecular weight is 333 g/mol. The molecule has 6 heteroatoms. The molecule has 0 radical (unpaired) electrons. The quantitative estimate of drug-likeness (QED) is 0.798. The Morgan fingerprint density at radius 3 is 2.65 bits per heavy atom. The molecule has 0 saturated heterocycles. The molecular weight excluding hydrogens is 310 g/mol. The fourth-order valence-electron chi connectivity index (χ4n) is 2.19. The summed E-state index contributed by atoms with van der Waals surface area (Å²) in [5, 5.41) is 13.2. The van der Waals surface area contributed by atoms with Crippen molar-refractivity contribution in [2.24, 2.45) is 0 Å². The van der Waals surface area contributed by atoms with E-state index < -0.39 is 0 Å². The Morgan fingerprint density at radius 2 is 2.04 bits per heavy atom. The molecule has 124 valence electrons. The van der Waals surface area contributed by atoms with Crippen LogP contribution in [-0.2, 0) is 10.3 Å². The molecule has 0 bridgehead atoms. The lowest BCUT2D eigenvalue weighted by Crippen LogP contribution is -2.32. The van der Waals surface area contributed by atoms with Crippen molar-refractivity contribution in [3.63, 3.8) is 0 Å². The van der Waals surface area contributed by atoms with Crippen LogP contribution in [0.4, 0.5) is 0 Å². The summed E-state index contributed by atoms with van der Waals surface area (Å²) in [6.45, 7) is 6.15. The van der Waals surface area contributed by atoms with Gasteiger partial charge in [-0.25, -0.2) is 4.98 Å². The Morgan fingerprint density at radius 1 is 1.35 bits per heavy atom. The molecule has 0 aliphatic carbocycles. The van der Waals surface area contributed by atoms with Crippen LogP contribution < -0.4 is 5.32 Å². The van der Waals surface area contributed by atoms with Gasteiger partial charge < -0.3 is 15.0 Å². The Hall–Kier alpha value is -1.79. The van der Waals surface area contributed by atoms with Gasteiger partial charge >= 0.3 is 0 Å². The highest BCUT2D eigenvalue weighted by molar-refractivity contribution is 7.99. The smallest absolute Gasteiger partial charge is 0.231 e. The standard InChI is InChI=1S/C17H23N3O2S/c1-17(2,3)20-10-9-18-16(20)23-12-15(22)19-14(11-21)13-7-5-4-6-8-13/h4-10,14,21H,11-12H2,1-3H3,(H,19,22)/t14-/m1/s1. The predicted octanol–water partition coefficient (Wildman–Crippen LogP) is 2.58. The number of imidazole rings is 1. The minimum absolute atomic E-state index is 0.0764. The largest absolute Gasteiger partial charge is 0.394 e. The number of hydrogen-bond donors (Lipinski definition) is 2. The second-order valence-electron chi connectivity index (χ2n) is 6.25. The van der Waals surface area contributed by atoms with Crippen LogP contribution in [0.15, 0.2) is 47.9 Å². The van der Waals surface area contributed by atoms with E-state index in [1.165, 1.54) is 11.8 Å². The SMILES string of the molecule is CC(C)(C)n1ccnc1SCC(=O)N[C@H](CO)c1ccccc1. The van der Waals surface area contributed by atoms with Gasteiger partial charge in [-0.3, -0.25) is 4.79 Å². The first-order valence-corrected chi connectivity index (χ1v) is 8.52. The molecule has 1 aromatic carbocycles. The number of aromatic nitrogens is 2. The number of aliphatic hydroxyl groups excluding tert-OH is 1.